The van der Waals surface area contributed by atoms with Gasteiger partial charge in [-0.05, 0) is 31.0 Å². The molecule has 3 atom stereocenters. The van der Waals surface area contributed by atoms with E-state index in [-0.39, 0.29) is 30.6 Å². The molecule has 29 heavy (non-hydrogen) atoms. The minimum atomic E-state index is -4.51. The van der Waals surface area contributed by atoms with Gasteiger partial charge in [-0.25, -0.2) is 4.68 Å². The van der Waals surface area contributed by atoms with E-state index in [0.717, 1.165) is 4.68 Å². The van der Waals surface area contributed by atoms with Crippen molar-refractivity contribution in [1.82, 2.24) is 15.1 Å². The van der Waals surface area contributed by atoms with Gasteiger partial charge in [-0.15, -0.1) is 0 Å². The summed E-state index contributed by atoms with van der Waals surface area (Å²) in [4.78, 5) is 12.6. The first-order valence-electron chi connectivity index (χ1n) is 9.39. The molecule has 4 rings (SSSR count). The van der Waals surface area contributed by atoms with E-state index >= 15 is 0 Å². The summed E-state index contributed by atoms with van der Waals surface area (Å²) < 4.78 is 52.8. The predicted molar refractivity (Wildman–Crippen MR) is 98.1 cm³/mol. The molecule has 0 bridgehead atoms. The van der Waals surface area contributed by atoms with E-state index in [1.54, 1.807) is 18.2 Å². The van der Waals surface area contributed by atoms with Gasteiger partial charge in [-0.1, -0.05) is 13.0 Å². The maximum Gasteiger partial charge on any atom is 0.410 e. The average Bonchev–Trinajstić information content (AvgIpc) is 3.32. The number of benzene rings is 1. The Bertz CT molecular complexity index is 928. The third kappa shape index (κ3) is 3.58. The summed E-state index contributed by atoms with van der Waals surface area (Å²) in [6.07, 6.45) is -2.89. The van der Waals surface area contributed by atoms with Crippen LogP contribution in [0.15, 0.2) is 24.4 Å². The van der Waals surface area contributed by atoms with Gasteiger partial charge in [0.15, 0.2) is 17.5 Å². The molecule has 156 valence electrons. The summed E-state index contributed by atoms with van der Waals surface area (Å²) in [6, 6.07) is 2.41. The molecule has 0 spiro atoms. The molecule has 1 amide bonds. The van der Waals surface area contributed by atoms with Crippen LogP contribution in [0.1, 0.15) is 54.7 Å². The molecule has 10 heteroatoms. The Hall–Kier alpha value is -2.91. The molecule has 0 unspecified atom stereocenters. The number of halogens is 3. The van der Waals surface area contributed by atoms with Gasteiger partial charge in [0.05, 0.1) is 12.2 Å². The maximum absolute atomic E-state index is 13.8. The Morgan fingerprint density at radius 1 is 1.38 bits per heavy atom. The first kappa shape index (κ1) is 19.4. The fraction of sp³-hybridized carbons (Fsp3) is 0.474. The number of rotatable bonds is 4. The zero-order chi connectivity index (χ0) is 20.8. The van der Waals surface area contributed by atoms with Gasteiger partial charge in [0.25, 0.3) is 5.91 Å². The van der Waals surface area contributed by atoms with Crippen LogP contribution in [0.4, 0.5) is 19.0 Å². The van der Waals surface area contributed by atoms with Gasteiger partial charge < -0.3 is 20.1 Å². The Morgan fingerprint density at radius 3 is 2.86 bits per heavy atom. The minimum Gasteiger partial charge on any atom is -0.454 e. The third-order valence-corrected chi connectivity index (χ3v) is 5.27. The Kier molecular flexibility index (Phi) is 4.79. The number of nitrogens with zero attached hydrogens (tertiary/aromatic N) is 2. The molecule has 2 aromatic rings. The Balaban J connectivity index is 1.70. The van der Waals surface area contributed by atoms with Gasteiger partial charge in [-0.3, -0.25) is 4.79 Å². The largest absolute Gasteiger partial charge is 0.454 e. The smallest absolute Gasteiger partial charge is 0.410 e. The lowest BCUT2D eigenvalue weighted by atomic mass is 9.96. The topological polar surface area (TPSA) is 77.4 Å². The zero-order valence-corrected chi connectivity index (χ0v) is 15.9. The van der Waals surface area contributed by atoms with Crippen molar-refractivity contribution in [2.45, 2.75) is 51.0 Å². The molecule has 0 saturated carbocycles. The highest BCUT2D eigenvalue weighted by atomic mass is 19.4. The number of fused-ring (bicyclic) bond motifs is 2. The van der Waals surface area contributed by atoms with E-state index in [1.165, 1.54) is 6.20 Å². The number of carbonyl (C=O) groups is 1. The summed E-state index contributed by atoms with van der Waals surface area (Å²) >= 11 is 0. The van der Waals surface area contributed by atoms with Crippen molar-refractivity contribution in [3.05, 3.63) is 35.5 Å². The second kappa shape index (κ2) is 7.16. The molecule has 0 radical (unpaired) electrons. The number of ether oxygens (including phenoxy) is 2. The highest BCUT2D eigenvalue weighted by Crippen LogP contribution is 2.45. The fourth-order valence-electron chi connectivity index (χ4n) is 3.48. The number of amides is 1. The first-order chi connectivity index (χ1) is 13.8. The van der Waals surface area contributed by atoms with Crippen LogP contribution in [0.5, 0.6) is 11.5 Å². The van der Waals surface area contributed by atoms with Crippen LogP contribution in [0.2, 0.25) is 0 Å². The molecule has 1 aromatic heterocycles. The first-order valence-corrected chi connectivity index (χ1v) is 9.39. The second-order valence-corrected chi connectivity index (χ2v) is 7.24. The van der Waals surface area contributed by atoms with Gasteiger partial charge in [0.2, 0.25) is 6.79 Å². The van der Waals surface area contributed by atoms with Crippen LogP contribution in [0.3, 0.4) is 0 Å². The predicted octanol–water partition coefficient (Wildman–Crippen LogP) is 3.80. The summed E-state index contributed by atoms with van der Waals surface area (Å²) in [7, 11) is 0. The van der Waals surface area contributed by atoms with E-state index < -0.39 is 24.2 Å². The molecule has 3 heterocycles. The van der Waals surface area contributed by atoms with E-state index in [1.807, 2.05) is 13.8 Å². The van der Waals surface area contributed by atoms with Gasteiger partial charge in [-0.2, -0.15) is 18.3 Å². The number of nitrogens with one attached hydrogen (secondary N) is 2. The lowest BCUT2D eigenvalue weighted by molar-refractivity contribution is -0.173. The number of hydrogen-bond donors (Lipinski definition) is 2. The highest BCUT2D eigenvalue weighted by molar-refractivity contribution is 5.99. The summed E-state index contributed by atoms with van der Waals surface area (Å²) in [5, 5.41) is 9.72. The lowest BCUT2D eigenvalue weighted by Crippen LogP contribution is -2.37. The van der Waals surface area contributed by atoms with Crippen molar-refractivity contribution in [2.75, 3.05) is 12.1 Å². The fourth-order valence-corrected chi connectivity index (χ4v) is 3.48. The summed E-state index contributed by atoms with van der Waals surface area (Å²) in [5.41, 5.74) is 0.703. The van der Waals surface area contributed by atoms with E-state index in [4.69, 9.17) is 9.47 Å². The molecule has 7 nitrogen and oxygen atoms in total. The van der Waals surface area contributed by atoms with E-state index in [0.29, 0.717) is 23.5 Å². The minimum absolute atomic E-state index is 0.0574. The van der Waals surface area contributed by atoms with Crippen molar-refractivity contribution in [3.63, 3.8) is 0 Å². The monoisotopic (exact) mass is 410 g/mol. The van der Waals surface area contributed by atoms with Crippen LogP contribution < -0.4 is 20.1 Å². The van der Waals surface area contributed by atoms with Crippen molar-refractivity contribution in [3.8, 4) is 11.5 Å². The van der Waals surface area contributed by atoms with Crippen LogP contribution >= 0.6 is 0 Å². The SMILES string of the molecule is CC[C@H](C)NC(=O)c1cnn2c1N[C@@H](c1ccc3c(c1)OCO3)C[C@@H]2C(F)(F)F. The normalized spacial score (nSPS) is 21.3. The summed E-state index contributed by atoms with van der Waals surface area (Å²) in [5.74, 6) is 0.639. The number of anilines is 1. The molecule has 2 aliphatic rings. The number of carbonyl (C=O) groups excluding carboxylic acids is 1. The van der Waals surface area contributed by atoms with Gasteiger partial charge >= 0.3 is 6.18 Å². The standard InChI is InChI=1S/C19H21F3N4O3/c1-3-10(2)24-18(27)12-8-23-26-16(19(20,21)22)7-13(25-17(12)26)11-4-5-14-15(6-11)29-9-28-14/h4-6,8,10,13,16,25H,3,7,9H2,1-2H3,(H,24,27)/t10-,13+,16+/m0/s1. The molecular formula is C19H21F3N4O3. The molecule has 0 aliphatic carbocycles. The average molecular weight is 410 g/mol. The zero-order valence-electron chi connectivity index (χ0n) is 15.9. The maximum atomic E-state index is 13.8. The molecule has 2 aliphatic heterocycles. The van der Waals surface area contributed by atoms with E-state index in [2.05, 4.69) is 15.7 Å². The number of hydrogen-bond acceptors (Lipinski definition) is 5. The van der Waals surface area contributed by atoms with Crippen LogP contribution in [-0.2, 0) is 0 Å². The van der Waals surface area contributed by atoms with Crippen molar-refractivity contribution in [1.29, 1.82) is 0 Å². The lowest BCUT2D eigenvalue weighted by Gasteiger charge is -2.34. The molecular weight excluding hydrogens is 389 g/mol. The van der Waals surface area contributed by atoms with Crippen LogP contribution in [0.25, 0.3) is 0 Å². The van der Waals surface area contributed by atoms with E-state index in [9.17, 15) is 18.0 Å². The number of aromatic nitrogens is 2. The van der Waals surface area contributed by atoms with Gasteiger partial charge in [0.1, 0.15) is 11.4 Å². The summed E-state index contributed by atoms with van der Waals surface area (Å²) in [6.45, 7) is 3.82. The van der Waals surface area contributed by atoms with Crippen LogP contribution in [-0.4, -0.2) is 34.7 Å². The van der Waals surface area contributed by atoms with Crippen LogP contribution in [0, 0.1) is 0 Å². The molecule has 2 N–H and O–H groups in total. The molecule has 1 aromatic carbocycles. The van der Waals surface area contributed by atoms with Gasteiger partial charge in [0, 0.05) is 12.5 Å². The quantitative estimate of drug-likeness (QED) is 0.802. The Morgan fingerprint density at radius 2 is 2.14 bits per heavy atom. The van der Waals surface area contributed by atoms with Crippen molar-refractivity contribution in [2.24, 2.45) is 0 Å². The highest BCUT2D eigenvalue weighted by Gasteiger charge is 2.47. The second-order valence-electron chi connectivity index (χ2n) is 7.24. The molecule has 0 saturated heterocycles. The van der Waals surface area contributed by atoms with Crippen molar-refractivity contribution < 1.29 is 27.4 Å². The molecule has 0 fully saturated rings. The Labute approximate surface area is 165 Å². The number of alkyl halides is 3. The van der Waals surface area contributed by atoms with Crippen molar-refractivity contribution >= 4 is 11.7 Å². The third-order valence-electron chi connectivity index (χ3n) is 5.27.